The Morgan fingerprint density at radius 3 is 2.90 bits per heavy atom. The van der Waals surface area contributed by atoms with Crippen LogP contribution in [0.25, 0.3) is 11.3 Å². The van der Waals surface area contributed by atoms with Crippen molar-refractivity contribution in [3.63, 3.8) is 0 Å². The minimum absolute atomic E-state index is 0.337. The summed E-state index contributed by atoms with van der Waals surface area (Å²) in [5.41, 5.74) is 3.41. The number of amidine groups is 1. The molecule has 0 atom stereocenters. The molecular formula is C16H21N5. The summed E-state index contributed by atoms with van der Waals surface area (Å²) in [7, 11) is 0. The third-order valence-corrected chi connectivity index (χ3v) is 3.55. The maximum Gasteiger partial charge on any atom is 0.116 e. The van der Waals surface area contributed by atoms with E-state index in [0.29, 0.717) is 6.04 Å². The Balaban J connectivity index is 1.86. The molecule has 0 bridgehead atoms. The van der Waals surface area contributed by atoms with Gasteiger partial charge in [-0.3, -0.25) is 9.67 Å². The van der Waals surface area contributed by atoms with E-state index >= 15 is 0 Å². The van der Waals surface area contributed by atoms with Crippen LogP contribution in [-0.4, -0.2) is 35.3 Å². The Kier molecular flexibility index (Phi) is 3.90. The number of nitrogens with zero attached hydrogens (tertiary/aromatic N) is 3. The van der Waals surface area contributed by atoms with Gasteiger partial charge in [0.15, 0.2) is 0 Å². The van der Waals surface area contributed by atoms with Crippen LogP contribution in [0.4, 0.5) is 5.69 Å². The highest BCUT2D eigenvalue weighted by Gasteiger charge is 2.12. The van der Waals surface area contributed by atoms with E-state index in [1.807, 2.05) is 16.9 Å². The molecule has 1 aromatic heterocycles. The monoisotopic (exact) mass is 283 g/mol. The van der Waals surface area contributed by atoms with Crippen molar-refractivity contribution in [2.45, 2.75) is 19.9 Å². The summed E-state index contributed by atoms with van der Waals surface area (Å²) in [4.78, 5) is 4.41. The van der Waals surface area contributed by atoms with Crippen molar-refractivity contribution in [1.29, 1.82) is 0 Å². The molecule has 0 fully saturated rings. The molecule has 0 saturated heterocycles. The standard InChI is InChI=1S/C16H21N5/c1-12(2)21-15(7-8-20-21)13-5-3-4-6-14(13)19-11-16-17-9-10-18-16/h3-8,12,19H,9-11H2,1-2H3,(H,17,18). The van der Waals surface area contributed by atoms with Gasteiger partial charge in [0.05, 0.1) is 18.8 Å². The first-order valence-electron chi connectivity index (χ1n) is 7.39. The highest BCUT2D eigenvalue weighted by atomic mass is 15.3. The molecule has 21 heavy (non-hydrogen) atoms. The zero-order chi connectivity index (χ0) is 14.7. The average Bonchev–Trinajstić information content (AvgIpc) is 3.16. The van der Waals surface area contributed by atoms with Gasteiger partial charge in [0, 0.05) is 30.0 Å². The van der Waals surface area contributed by atoms with Crippen LogP contribution in [0.2, 0.25) is 0 Å². The second-order valence-electron chi connectivity index (χ2n) is 5.41. The summed E-state index contributed by atoms with van der Waals surface area (Å²) >= 11 is 0. The molecule has 0 spiro atoms. The molecule has 0 unspecified atom stereocenters. The highest BCUT2D eigenvalue weighted by Crippen LogP contribution is 2.29. The summed E-state index contributed by atoms with van der Waals surface area (Å²) in [6.07, 6.45) is 1.86. The van der Waals surface area contributed by atoms with Gasteiger partial charge in [-0.05, 0) is 26.0 Å². The van der Waals surface area contributed by atoms with Crippen LogP contribution in [0.5, 0.6) is 0 Å². The lowest BCUT2D eigenvalue weighted by Crippen LogP contribution is -2.26. The highest BCUT2D eigenvalue weighted by molar-refractivity contribution is 5.89. The fraction of sp³-hybridized carbons (Fsp3) is 0.375. The Morgan fingerprint density at radius 2 is 2.14 bits per heavy atom. The van der Waals surface area contributed by atoms with E-state index < -0.39 is 0 Å². The first kappa shape index (κ1) is 13.7. The molecule has 1 aliphatic heterocycles. The van der Waals surface area contributed by atoms with Crippen molar-refractivity contribution in [2.75, 3.05) is 25.0 Å². The topological polar surface area (TPSA) is 54.2 Å². The first-order chi connectivity index (χ1) is 10.3. The normalized spacial score (nSPS) is 14.1. The van der Waals surface area contributed by atoms with Crippen LogP contribution in [-0.2, 0) is 0 Å². The van der Waals surface area contributed by atoms with Crippen molar-refractivity contribution < 1.29 is 0 Å². The van der Waals surface area contributed by atoms with Gasteiger partial charge in [-0.15, -0.1) is 0 Å². The molecule has 5 heteroatoms. The average molecular weight is 283 g/mol. The maximum absolute atomic E-state index is 4.42. The molecule has 2 heterocycles. The number of anilines is 1. The lowest BCUT2D eigenvalue weighted by molar-refractivity contribution is 0.538. The molecule has 1 aliphatic rings. The zero-order valence-electron chi connectivity index (χ0n) is 12.5. The molecule has 0 aliphatic carbocycles. The molecule has 0 saturated carbocycles. The minimum atomic E-state index is 0.337. The molecule has 0 radical (unpaired) electrons. The Bertz CT molecular complexity index is 642. The number of para-hydroxylation sites is 1. The Hall–Kier alpha value is -2.30. The second kappa shape index (κ2) is 5.99. The van der Waals surface area contributed by atoms with Gasteiger partial charge >= 0.3 is 0 Å². The van der Waals surface area contributed by atoms with Crippen molar-refractivity contribution in [3.8, 4) is 11.3 Å². The molecule has 2 aromatic rings. The van der Waals surface area contributed by atoms with Gasteiger partial charge < -0.3 is 10.6 Å². The van der Waals surface area contributed by atoms with Crippen LogP contribution in [0, 0.1) is 0 Å². The van der Waals surface area contributed by atoms with Crippen LogP contribution in [0.1, 0.15) is 19.9 Å². The number of hydrogen-bond donors (Lipinski definition) is 2. The first-order valence-corrected chi connectivity index (χ1v) is 7.39. The third kappa shape index (κ3) is 2.91. The van der Waals surface area contributed by atoms with Gasteiger partial charge in [0.1, 0.15) is 5.84 Å². The second-order valence-corrected chi connectivity index (χ2v) is 5.41. The maximum atomic E-state index is 4.42. The summed E-state index contributed by atoms with van der Waals surface area (Å²) in [6.45, 7) is 6.83. The van der Waals surface area contributed by atoms with Crippen molar-refractivity contribution >= 4 is 11.5 Å². The lowest BCUT2D eigenvalue weighted by Gasteiger charge is -2.15. The SMILES string of the molecule is CC(C)n1nccc1-c1ccccc1NCC1=NCCN1. The van der Waals surface area contributed by atoms with Crippen molar-refractivity contribution in [1.82, 2.24) is 15.1 Å². The van der Waals surface area contributed by atoms with Gasteiger partial charge in [0.25, 0.3) is 0 Å². The summed E-state index contributed by atoms with van der Waals surface area (Å²) in [6, 6.07) is 10.7. The summed E-state index contributed by atoms with van der Waals surface area (Å²) in [5.74, 6) is 1.03. The number of aromatic nitrogens is 2. The van der Waals surface area contributed by atoms with Crippen molar-refractivity contribution in [3.05, 3.63) is 36.5 Å². The summed E-state index contributed by atoms with van der Waals surface area (Å²) in [5, 5.41) is 11.2. The smallest absolute Gasteiger partial charge is 0.116 e. The number of benzene rings is 1. The van der Waals surface area contributed by atoms with E-state index in [2.05, 4.69) is 58.8 Å². The minimum Gasteiger partial charge on any atom is -0.377 e. The van der Waals surface area contributed by atoms with Crippen molar-refractivity contribution in [2.24, 2.45) is 4.99 Å². The molecule has 2 N–H and O–H groups in total. The fourth-order valence-electron chi connectivity index (χ4n) is 2.54. The van der Waals surface area contributed by atoms with Crippen LogP contribution >= 0.6 is 0 Å². The molecule has 1 aromatic carbocycles. The third-order valence-electron chi connectivity index (χ3n) is 3.55. The molecule has 3 rings (SSSR count). The van der Waals surface area contributed by atoms with Gasteiger partial charge in [-0.25, -0.2) is 0 Å². The van der Waals surface area contributed by atoms with Crippen LogP contribution in [0.15, 0.2) is 41.5 Å². The predicted octanol–water partition coefficient (Wildman–Crippen LogP) is 2.54. The molecule has 110 valence electrons. The number of nitrogens with one attached hydrogen (secondary N) is 2. The number of hydrogen-bond acceptors (Lipinski definition) is 4. The van der Waals surface area contributed by atoms with E-state index in [-0.39, 0.29) is 0 Å². The Labute approximate surface area is 125 Å². The van der Waals surface area contributed by atoms with Gasteiger partial charge in [-0.1, -0.05) is 18.2 Å². The number of aliphatic imine (C=N–C) groups is 1. The lowest BCUT2D eigenvalue weighted by atomic mass is 10.1. The van der Waals surface area contributed by atoms with E-state index in [4.69, 9.17) is 0 Å². The molecule has 5 nitrogen and oxygen atoms in total. The van der Waals surface area contributed by atoms with Crippen LogP contribution < -0.4 is 10.6 Å². The summed E-state index contributed by atoms with van der Waals surface area (Å²) < 4.78 is 2.05. The van der Waals surface area contributed by atoms with E-state index in [1.165, 1.54) is 5.56 Å². The number of rotatable bonds is 5. The molecule has 0 amide bonds. The van der Waals surface area contributed by atoms with Gasteiger partial charge in [-0.2, -0.15) is 5.10 Å². The van der Waals surface area contributed by atoms with E-state index in [1.54, 1.807) is 0 Å². The Morgan fingerprint density at radius 1 is 1.29 bits per heavy atom. The van der Waals surface area contributed by atoms with Crippen LogP contribution in [0.3, 0.4) is 0 Å². The predicted molar refractivity (Wildman–Crippen MR) is 86.8 cm³/mol. The quantitative estimate of drug-likeness (QED) is 0.886. The fourth-order valence-corrected chi connectivity index (χ4v) is 2.54. The largest absolute Gasteiger partial charge is 0.377 e. The molecular weight excluding hydrogens is 262 g/mol. The van der Waals surface area contributed by atoms with Gasteiger partial charge in [0.2, 0.25) is 0 Å². The van der Waals surface area contributed by atoms with E-state index in [0.717, 1.165) is 36.9 Å². The van der Waals surface area contributed by atoms with E-state index in [9.17, 15) is 0 Å². The zero-order valence-corrected chi connectivity index (χ0v) is 12.5.